The summed E-state index contributed by atoms with van der Waals surface area (Å²) in [5, 5.41) is 9.88. The molecule has 1 N–H and O–H groups in total. The monoisotopic (exact) mass is 266 g/mol. The number of hydrogen-bond acceptors (Lipinski definition) is 2. The first-order valence-electron chi connectivity index (χ1n) is 8.03. The lowest BCUT2D eigenvalue weighted by molar-refractivity contribution is 0.149. The van der Waals surface area contributed by atoms with Crippen molar-refractivity contribution in [2.75, 3.05) is 0 Å². The molecule has 1 atom stereocenters. The van der Waals surface area contributed by atoms with Crippen molar-refractivity contribution in [3.63, 3.8) is 0 Å². The predicted molar refractivity (Wildman–Crippen MR) is 80.3 cm³/mol. The van der Waals surface area contributed by atoms with Crippen LogP contribution in [-0.4, -0.2) is 11.2 Å². The maximum Gasteiger partial charge on any atom is 0.103 e. The lowest BCUT2D eigenvalue weighted by atomic mass is 10.0. The summed E-state index contributed by atoms with van der Waals surface area (Å²) in [5.74, 6) is 0.981. The van der Waals surface area contributed by atoms with Gasteiger partial charge in [0.15, 0.2) is 0 Å². The van der Waals surface area contributed by atoms with Crippen molar-refractivity contribution in [1.82, 2.24) is 0 Å². The second-order valence-electron chi connectivity index (χ2n) is 5.54. The molecule has 0 saturated carbocycles. The normalized spacial score (nSPS) is 12.7. The average Bonchev–Trinajstić information content (AvgIpc) is 2.93. The van der Waals surface area contributed by atoms with Crippen LogP contribution in [0.1, 0.15) is 76.9 Å². The van der Waals surface area contributed by atoms with Gasteiger partial charge in [-0.1, -0.05) is 58.3 Å². The second kappa shape index (κ2) is 11.1. The molecule has 2 nitrogen and oxygen atoms in total. The smallest absolute Gasteiger partial charge is 0.103 e. The number of aliphatic hydroxyl groups excluding tert-OH is 1. The Bertz CT molecular complexity index is 279. The molecule has 0 fully saturated rings. The minimum atomic E-state index is -0.162. The Labute approximate surface area is 118 Å². The zero-order chi connectivity index (χ0) is 13.8. The van der Waals surface area contributed by atoms with Gasteiger partial charge in [-0.2, -0.15) is 0 Å². The van der Waals surface area contributed by atoms with Gasteiger partial charge in [-0.3, -0.25) is 0 Å². The Morgan fingerprint density at radius 3 is 2.32 bits per heavy atom. The van der Waals surface area contributed by atoms with Crippen molar-refractivity contribution in [2.45, 2.75) is 83.7 Å². The van der Waals surface area contributed by atoms with Gasteiger partial charge in [0, 0.05) is 6.42 Å². The van der Waals surface area contributed by atoms with Crippen molar-refractivity contribution in [3.8, 4) is 0 Å². The summed E-state index contributed by atoms with van der Waals surface area (Å²) < 4.78 is 5.26. The fourth-order valence-electron chi connectivity index (χ4n) is 2.42. The SMILES string of the molecule is CCCCCCCCCCC(O)CCc1ccco1. The van der Waals surface area contributed by atoms with Gasteiger partial charge >= 0.3 is 0 Å². The van der Waals surface area contributed by atoms with E-state index in [2.05, 4.69) is 6.92 Å². The third-order valence-corrected chi connectivity index (χ3v) is 3.69. The average molecular weight is 266 g/mol. The summed E-state index contributed by atoms with van der Waals surface area (Å²) in [6.45, 7) is 2.25. The summed E-state index contributed by atoms with van der Waals surface area (Å²) >= 11 is 0. The Morgan fingerprint density at radius 1 is 1.00 bits per heavy atom. The first-order valence-corrected chi connectivity index (χ1v) is 8.03. The van der Waals surface area contributed by atoms with Crippen molar-refractivity contribution < 1.29 is 9.52 Å². The largest absolute Gasteiger partial charge is 0.469 e. The maximum absolute atomic E-state index is 9.88. The highest BCUT2D eigenvalue weighted by molar-refractivity contribution is 4.98. The Balaban J connectivity index is 1.86. The number of unbranched alkanes of at least 4 members (excludes halogenated alkanes) is 7. The number of aliphatic hydroxyl groups is 1. The van der Waals surface area contributed by atoms with E-state index in [0.717, 1.165) is 31.4 Å². The minimum Gasteiger partial charge on any atom is -0.469 e. The Hall–Kier alpha value is -0.760. The molecule has 1 rings (SSSR count). The van der Waals surface area contributed by atoms with Crippen molar-refractivity contribution in [2.24, 2.45) is 0 Å². The molecule has 2 heteroatoms. The fraction of sp³-hybridized carbons (Fsp3) is 0.765. The van der Waals surface area contributed by atoms with Crippen LogP contribution >= 0.6 is 0 Å². The van der Waals surface area contributed by atoms with Crippen LogP contribution in [0.25, 0.3) is 0 Å². The molecule has 0 saturated heterocycles. The van der Waals surface area contributed by atoms with E-state index in [0.29, 0.717) is 0 Å². The molecule has 1 heterocycles. The first kappa shape index (κ1) is 16.3. The van der Waals surface area contributed by atoms with Gasteiger partial charge < -0.3 is 9.52 Å². The van der Waals surface area contributed by atoms with Crippen LogP contribution in [-0.2, 0) is 6.42 Å². The number of aryl methyl sites for hydroxylation is 1. The fourth-order valence-corrected chi connectivity index (χ4v) is 2.42. The van der Waals surface area contributed by atoms with Crippen LogP contribution < -0.4 is 0 Å². The van der Waals surface area contributed by atoms with Gasteiger partial charge in [-0.05, 0) is 25.0 Å². The Kier molecular flexibility index (Phi) is 9.52. The molecule has 0 aromatic carbocycles. The molecule has 0 amide bonds. The molecule has 0 aliphatic heterocycles. The summed E-state index contributed by atoms with van der Waals surface area (Å²) in [6, 6.07) is 3.88. The van der Waals surface area contributed by atoms with E-state index in [4.69, 9.17) is 4.42 Å². The van der Waals surface area contributed by atoms with E-state index in [1.165, 1.54) is 44.9 Å². The molecule has 1 unspecified atom stereocenters. The van der Waals surface area contributed by atoms with Crippen LogP contribution in [0.5, 0.6) is 0 Å². The third-order valence-electron chi connectivity index (χ3n) is 3.69. The number of hydrogen-bond donors (Lipinski definition) is 1. The lowest BCUT2D eigenvalue weighted by Crippen LogP contribution is -2.07. The van der Waals surface area contributed by atoms with E-state index in [-0.39, 0.29) is 6.10 Å². The topological polar surface area (TPSA) is 33.4 Å². The minimum absolute atomic E-state index is 0.162. The molecule has 0 radical (unpaired) electrons. The predicted octanol–water partition coefficient (Wildman–Crippen LogP) is 5.10. The summed E-state index contributed by atoms with van der Waals surface area (Å²) in [5.41, 5.74) is 0. The van der Waals surface area contributed by atoms with Gasteiger partial charge in [-0.25, -0.2) is 0 Å². The Morgan fingerprint density at radius 2 is 1.68 bits per heavy atom. The number of rotatable bonds is 12. The lowest BCUT2D eigenvalue weighted by Gasteiger charge is -2.09. The van der Waals surface area contributed by atoms with E-state index in [1.807, 2.05) is 12.1 Å². The molecule has 0 bridgehead atoms. The highest BCUT2D eigenvalue weighted by Crippen LogP contribution is 2.13. The van der Waals surface area contributed by atoms with Crippen LogP contribution in [0.2, 0.25) is 0 Å². The highest BCUT2D eigenvalue weighted by atomic mass is 16.3. The summed E-state index contributed by atoms with van der Waals surface area (Å²) in [7, 11) is 0. The molecule has 1 aromatic heterocycles. The van der Waals surface area contributed by atoms with Crippen molar-refractivity contribution in [1.29, 1.82) is 0 Å². The highest BCUT2D eigenvalue weighted by Gasteiger charge is 2.05. The summed E-state index contributed by atoms with van der Waals surface area (Å²) in [6.07, 6.45) is 14.7. The van der Waals surface area contributed by atoms with Crippen molar-refractivity contribution in [3.05, 3.63) is 24.2 Å². The van der Waals surface area contributed by atoms with Crippen LogP contribution in [0.3, 0.4) is 0 Å². The van der Waals surface area contributed by atoms with E-state index >= 15 is 0 Å². The molecule has 1 aromatic rings. The van der Waals surface area contributed by atoms with E-state index in [1.54, 1.807) is 6.26 Å². The van der Waals surface area contributed by atoms with Gasteiger partial charge in [0.05, 0.1) is 12.4 Å². The maximum atomic E-state index is 9.88. The van der Waals surface area contributed by atoms with E-state index < -0.39 is 0 Å². The zero-order valence-electron chi connectivity index (χ0n) is 12.4. The molecule has 0 aliphatic carbocycles. The standard InChI is InChI=1S/C17H30O2/c1-2-3-4-5-6-7-8-9-11-16(18)13-14-17-12-10-15-19-17/h10,12,15-16,18H,2-9,11,13-14H2,1H3. The molecule has 0 spiro atoms. The van der Waals surface area contributed by atoms with Crippen LogP contribution in [0.15, 0.2) is 22.8 Å². The molecular weight excluding hydrogens is 236 g/mol. The van der Waals surface area contributed by atoms with Gasteiger partial charge in [0.25, 0.3) is 0 Å². The molecule has 110 valence electrons. The molecular formula is C17H30O2. The second-order valence-corrected chi connectivity index (χ2v) is 5.54. The number of furan rings is 1. The van der Waals surface area contributed by atoms with Gasteiger partial charge in [-0.15, -0.1) is 0 Å². The third kappa shape index (κ3) is 8.88. The van der Waals surface area contributed by atoms with Crippen LogP contribution in [0.4, 0.5) is 0 Å². The molecule has 0 aliphatic rings. The zero-order valence-corrected chi connectivity index (χ0v) is 12.4. The van der Waals surface area contributed by atoms with Crippen LogP contribution in [0, 0.1) is 0 Å². The van der Waals surface area contributed by atoms with Gasteiger partial charge in [0.2, 0.25) is 0 Å². The summed E-state index contributed by atoms with van der Waals surface area (Å²) in [4.78, 5) is 0. The van der Waals surface area contributed by atoms with E-state index in [9.17, 15) is 5.11 Å². The molecule has 19 heavy (non-hydrogen) atoms. The first-order chi connectivity index (χ1) is 9.33. The van der Waals surface area contributed by atoms with Crippen molar-refractivity contribution >= 4 is 0 Å². The van der Waals surface area contributed by atoms with Gasteiger partial charge in [0.1, 0.15) is 5.76 Å². The quantitative estimate of drug-likeness (QED) is 0.534.